The van der Waals surface area contributed by atoms with Gasteiger partial charge in [0, 0.05) is 13.1 Å². The van der Waals surface area contributed by atoms with E-state index < -0.39 is 0 Å². The normalized spacial score (nSPS) is 11.0. The van der Waals surface area contributed by atoms with E-state index in [0.717, 1.165) is 19.7 Å². The molecule has 0 aliphatic heterocycles. The molecule has 13 heavy (non-hydrogen) atoms. The van der Waals surface area contributed by atoms with Crippen molar-refractivity contribution in [3.8, 4) is 0 Å². The van der Waals surface area contributed by atoms with Crippen LogP contribution in [0.15, 0.2) is 16.8 Å². The molecule has 1 N–H and O–H groups in total. The predicted molar refractivity (Wildman–Crippen MR) is 57.1 cm³/mol. The van der Waals surface area contributed by atoms with Gasteiger partial charge >= 0.3 is 0 Å². The van der Waals surface area contributed by atoms with E-state index in [1.807, 2.05) is 0 Å². The first-order valence-electron chi connectivity index (χ1n) is 4.62. The smallest absolute Gasteiger partial charge is 0.0594 e. The Morgan fingerprint density at radius 1 is 1.54 bits per heavy atom. The van der Waals surface area contributed by atoms with Crippen LogP contribution in [0.25, 0.3) is 0 Å². The summed E-state index contributed by atoms with van der Waals surface area (Å²) < 4.78 is 5.40. The fourth-order valence-electron chi connectivity index (χ4n) is 0.993. The maximum Gasteiger partial charge on any atom is 0.0594 e. The van der Waals surface area contributed by atoms with Gasteiger partial charge in [0.25, 0.3) is 0 Å². The third-order valence-corrected chi connectivity index (χ3v) is 2.37. The molecular weight excluding hydrogens is 182 g/mol. The molecule has 0 atom stereocenters. The molecular formula is C10H17NOS. The van der Waals surface area contributed by atoms with E-state index in [1.165, 1.54) is 5.56 Å². The first kappa shape index (κ1) is 10.7. The summed E-state index contributed by atoms with van der Waals surface area (Å²) in [5.74, 6) is 0. The maximum atomic E-state index is 5.40. The lowest BCUT2D eigenvalue weighted by Gasteiger charge is -2.07. The van der Waals surface area contributed by atoms with Gasteiger partial charge in [-0.2, -0.15) is 11.3 Å². The SMILES string of the molecule is CC(C)OCCNCc1ccsc1. The van der Waals surface area contributed by atoms with Gasteiger partial charge in [-0.25, -0.2) is 0 Å². The Morgan fingerprint density at radius 2 is 2.38 bits per heavy atom. The zero-order valence-corrected chi connectivity index (χ0v) is 9.06. The van der Waals surface area contributed by atoms with E-state index in [4.69, 9.17) is 4.74 Å². The summed E-state index contributed by atoms with van der Waals surface area (Å²) in [6.07, 6.45) is 0.336. The van der Waals surface area contributed by atoms with Gasteiger partial charge in [0.05, 0.1) is 12.7 Å². The van der Waals surface area contributed by atoms with E-state index in [-0.39, 0.29) is 0 Å². The van der Waals surface area contributed by atoms with Gasteiger partial charge in [-0.15, -0.1) is 0 Å². The molecule has 0 amide bonds. The second-order valence-electron chi connectivity index (χ2n) is 3.23. The van der Waals surface area contributed by atoms with Crippen molar-refractivity contribution in [1.82, 2.24) is 5.32 Å². The molecule has 0 aliphatic rings. The van der Waals surface area contributed by atoms with Crippen molar-refractivity contribution in [3.63, 3.8) is 0 Å². The predicted octanol–water partition coefficient (Wildman–Crippen LogP) is 2.26. The van der Waals surface area contributed by atoms with Crippen LogP contribution in [0.4, 0.5) is 0 Å². The highest BCUT2D eigenvalue weighted by Crippen LogP contribution is 2.04. The largest absolute Gasteiger partial charge is 0.377 e. The zero-order chi connectivity index (χ0) is 9.52. The standard InChI is InChI=1S/C10H17NOS/c1-9(2)12-5-4-11-7-10-3-6-13-8-10/h3,6,8-9,11H,4-5,7H2,1-2H3. The summed E-state index contributed by atoms with van der Waals surface area (Å²) in [6, 6.07) is 2.14. The Morgan fingerprint density at radius 3 is 3.00 bits per heavy atom. The molecule has 0 fully saturated rings. The minimum Gasteiger partial charge on any atom is -0.377 e. The lowest BCUT2D eigenvalue weighted by atomic mass is 10.3. The monoisotopic (exact) mass is 199 g/mol. The summed E-state index contributed by atoms with van der Waals surface area (Å²) in [5, 5.41) is 7.59. The van der Waals surface area contributed by atoms with Crippen molar-refractivity contribution in [3.05, 3.63) is 22.4 Å². The topological polar surface area (TPSA) is 21.3 Å². The number of rotatable bonds is 6. The van der Waals surface area contributed by atoms with Gasteiger partial charge in [-0.1, -0.05) is 0 Å². The van der Waals surface area contributed by atoms with Crippen LogP contribution in [0, 0.1) is 0 Å². The molecule has 74 valence electrons. The lowest BCUT2D eigenvalue weighted by molar-refractivity contribution is 0.0807. The Hall–Kier alpha value is -0.380. The fraction of sp³-hybridized carbons (Fsp3) is 0.600. The first-order valence-corrected chi connectivity index (χ1v) is 5.56. The van der Waals surface area contributed by atoms with Crippen molar-refractivity contribution >= 4 is 11.3 Å². The van der Waals surface area contributed by atoms with Crippen molar-refractivity contribution in [2.24, 2.45) is 0 Å². The van der Waals surface area contributed by atoms with Gasteiger partial charge in [-0.3, -0.25) is 0 Å². The van der Waals surface area contributed by atoms with Gasteiger partial charge in [0.1, 0.15) is 0 Å². The summed E-state index contributed by atoms with van der Waals surface area (Å²) in [5.41, 5.74) is 1.36. The van der Waals surface area contributed by atoms with Crippen molar-refractivity contribution in [1.29, 1.82) is 0 Å². The molecule has 0 bridgehead atoms. The molecule has 1 aromatic rings. The average molecular weight is 199 g/mol. The Labute approximate surface area is 83.9 Å². The van der Waals surface area contributed by atoms with Crippen LogP contribution in [0.1, 0.15) is 19.4 Å². The molecule has 0 unspecified atom stereocenters. The molecule has 0 saturated heterocycles. The second-order valence-corrected chi connectivity index (χ2v) is 4.01. The van der Waals surface area contributed by atoms with Crippen LogP contribution >= 0.6 is 11.3 Å². The van der Waals surface area contributed by atoms with Gasteiger partial charge in [0.15, 0.2) is 0 Å². The average Bonchev–Trinajstić information content (AvgIpc) is 2.55. The number of hydrogen-bond donors (Lipinski definition) is 1. The summed E-state index contributed by atoms with van der Waals surface area (Å²) in [4.78, 5) is 0. The van der Waals surface area contributed by atoms with Crippen LogP contribution in [0.3, 0.4) is 0 Å². The van der Waals surface area contributed by atoms with Crippen LogP contribution in [0.2, 0.25) is 0 Å². The molecule has 3 heteroatoms. The van der Waals surface area contributed by atoms with E-state index in [0.29, 0.717) is 6.10 Å². The molecule has 1 aromatic heterocycles. The summed E-state index contributed by atoms with van der Waals surface area (Å²) in [7, 11) is 0. The van der Waals surface area contributed by atoms with Crippen LogP contribution in [-0.2, 0) is 11.3 Å². The number of ether oxygens (including phenoxy) is 1. The summed E-state index contributed by atoms with van der Waals surface area (Å²) >= 11 is 1.74. The summed E-state index contributed by atoms with van der Waals surface area (Å²) in [6.45, 7) is 6.78. The van der Waals surface area contributed by atoms with Gasteiger partial charge in [-0.05, 0) is 36.2 Å². The Bertz CT molecular complexity index is 209. The molecule has 0 saturated carbocycles. The fourth-order valence-corrected chi connectivity index (χ4v) is 1.66. The Kier molecular flexibility index (Phi) is 5.05. The third-order valence-electron chi connectivity index (χ3n) is 1.64. The van der Waals surface area contributed by atoms with Crippen LogP contribution < -0.4 is 5.32 Å². The van der Waals surface area contributed by atoms with Crippen LogP contribution in [0.5, 0.6) is 0 Å². The van der Waals surface area contributed by atoms with Crippen molar-refractivity contribution < 1.29 is 4.74 Å². The molecule has 0 radical (unpaired) electrons. The lowest BCUT2D eigenvalue weighted by Crippen LogP contribution is -2.20. The number of nitrogens with one attached hydrogen (secondary N) is 1. The molecule has 2 nitrogen and oxygen atoms in total. The van der Waals surface area contributed by atoms with E-state index >= 15 is 0 Å². The molecule has 1 heterocycles. The van der Waals surface area contributed by atoms with Gasteiger partial charge < -0.3 is 10.1 Å². The first-order chi connectivity index (χ1) is 6.29. The minimum absolute atomic E-state index is 0.336. The van der Waals surface area contributed by atoms with Gasteiger partial charge in [0.2, 0.25) is 0 Å². The molecule has 0 spiro atoms. The molecule has 1 rings (SSSR count). The van der Waals surface area contributed by atoms with E-state index in [9.17, 15) is 0 Å². The highest BCUT2D eigenvalue weighted by atomic mass is 32.1. The Balaban J connectivity index is 1.96. The highest BCUT2D eigenvalue weighted by Gasteiger charge is 1.93. The second kappa shape index (κ2) is 6.13. The number of hydrogen-bond acceptors (Lipinski definition) is 3. The quantitative estimate of drug-likeness (QED) is 0.710. The van der Waals surface area contributed by atoms with E-state index in [2.05, 4.69) is 36.0 Å². The van der Waals surface area contributed by atoms with Crippen molar-refractivity contribution in [2.45, 2.75) is 26.5 Å². The highest BCUT2D eigenvalue weighted by molar-refractivity contribution is 7.07. The van der Waals surface area contributed by atoms with E-state index in [1.54, 1.807) is 11.3 Å². The maximum absolute atomic E-state index is 5.40. The van der Waals surface area contributed by atoms with Crippen LogP contribution in [-0.4, -0.2) is 19.3 Å². The zero-order valence-electron chi connectivity index (χ0n) is 8.25. The minimum atomic E-state index is 0.336. The number of thiophene rings is 1. The molecule has 0 aliphatic carbocycles. The third kappa shape index (κ3) is 5.03. The molecule has 0 aromatic carbocycles. The van der Waals surface area contributed by atoms with Crippen molar-refractivity contribution in [2.75, 3.05) is 13.2 Å².